The van der Waals surface area contributed by atoms with Crippen molar-refractivity contribution in [2.45, 2.75) is 106 Å². The van der Waals surface area contributed by atoms with E-state index in [9.17, 15) is 0 Å². The average molecular weight is 331 g/mol. The van der Waals surface area contributed by atoms with Crippen LogP contribution in [-0.4, -0.2) is 0 Å². The minimum atomic E-state index is 0.122. The third-order valence-electron chi connectivity index (χ3n) is 6.99. The summed E-state index contributed by atoms with van der Waals surface area (Å²) in [6.45, 7) is 30.7. The molecule has 0 amide bonds. The lowest BCUT2D eigenvalue weighted by Gasteiger charge is -2.43. The first kappa shape index (κ1) is 21.3. The van der Waals surface area contributed by atoms with Gasteiger partial charge in [0, 0.05) is 0 Å². The molecule has 1 aromatic carbocycles. The Morgan fingerprint density at radius 3 is 0.875 bits per heavy atom. The molecule has 0 bridgehead atoms. The normalized spacial score (nSPS) is 14.9. The van der Waals surface area contributed by atoms with Crippen LogP contribution in [0.3, 0.4) is 0 Å². The molecule has 0 heterocycles. The molecular weight excluding hydrogens is 288 g/mol. The highest BCUT2D eigenvalue weighted by molar-refractivity contribution is 5.42. The summed E-state index contributed by atoms with van der Waals surface area (Å²) in [6, 6.07) is 7.38. The molecular formula is C24H42. The topological polar surface area (TPSA) is 0 Å². The van der Waals surface area contributed by atoms with Crippen LogP contribution in [0, 0.1) is 10.8 Å². The molecule has 0 radical (unpaired) electrons. The van der Waals surface area contributed by atoms with E-state index in [0.29, 0.717) is 0 Å². The van der Waals surface area contributed by atoms with Gasteiger partial charge in [0.25, 0.3) is 0 Å². The highest BCUT2D eigenvalue weighted by atomic mass is 14.4. The largest absolute Gasteiger partial charge is 0.0593 e. The number of hydrogen-bond acceptors (Lipinski definition) is 0. The van der Waals surface area contributed by atoms with Crippen molar-refractivity contribution in [1.82, 2.24) is 0 Å². The summed E-state index contributed by atoms with van der Waals surface area (Å²) in [5.74, 6) is 0. The Labute approximate surface area is 152 Å². The average Bonchev–Trinajstić information content (AvgIpc) is 2.34. The maximum Gasteiger partial charge on any atom is -0.00549 e. The molecule has 0 aromatic heterocycles. The van der Waals surface area contributed by atoms with E-state index in [1.807, 2.05) is 0 Å². The zero-order chi connectivity index (χ0) is 19.4. The molecule has 0 fully saturated rings. The van der Waals surface area contributed by atoms with Gasteiger partial charge in [0.05, 0.1) is 0 Å². The van der Waals surface area contributed by atoms with Gasteiger partial charge in [0.1, 0.15) is 0 Å². The van der Waals surface area contributed by atoms with Crippen LogP contribution in [0.25, 0.3) is 0 Å². The van der Waals surface area contributed by atoms with E-state index in [0.717, 1.165) is 0 Å². The molecule has 0 aliphatic carbocycles. The molecule has 1 aromatic rings. The van der Waals surface area contributed by atoms with Gasteiger partial charge < -0.3 is 0 Å². The Bertz CT molecular complexity index is 534. The van der Waals surface area contributed by atoms with E-state index in [1.54, 1.807) is 0 Å². The van der Waals surface area contributed by atoms with Gasteiger partial charge in [0.15, 0.2) is 0 Å². The van der Waals surface area contributed by atoms with E-state index >= 15 is 0 Å². The molecule has 0 unspecified atom stereocenters. The fourth-order valence-corrected chi connectivity index (χ4v) is 2.65. The van der Waals surface area contributed by atoms with Crippen LogP contribution in [0.15, 0.2) is 18.2 Å². The lowest BCUT2D eigenvalue weighted by molar-refractivity contribution is 0.217. The van der Waals surface area contributed by atoms with Gasteiger partial charge in [-0.2, -0.15) is 0 Å². The second-order valence-corrected chi connectivity index (χ2v) is 11.8. The maximum atomic E-state index is 2.48. The summed E-state index contributed by atoms with van der Waals surface area (Å²) in [6.07, 6.45) is 0. The summed E-state index contributed by atoms with van der Waals surface area (Å²) in [5.41, 5.74) is 5.22. The van der Waals surface area contributed by atoms with Crippen molar-refractivity contribution >= 4 is 0 Å². The molecule has 0 heteroatoms. The van der Waals surface area contributed by atoms with Crippen molar-refractivity contribution in [3.63, 3.8) is 0 Å². The van der Waals surface area contributed by atoms with Gasteiger partial charge in [-0.1, -0.05) is 108 Å². The quantitative estimate of drug-likeness (QED) is 0.523. The van der Waals surface area contributed by atoms with Crippen molar-refractivity contribution < 1.29 is 0 Å². The fraction of sp³-hybridized carbons (Fsp3) is 0.750. The van der Waals surface area contributed by atoms with Crippen molar-refractivity contribution in [2.24, 2.45) is 10.8 Å². The Balaban J connectivity index is 3.75. The lowest BCUT2D eigenvalue weighted by atomic mass is 9.61. The molecule has 0 saturated heterocycles. The molecule has 0 saturated carbocycles. The molecule has 0 atom stereocenters. The van der Waals surface area contributed by atoms with Crippen molar-refractivity contribution in [1.29, 1.82) is 0 Å². The second kappa shape index (κ2) is 5.89. The van der Waals surface area contributed by atoms with E-state index in [4.69, 9.17) is 0 Å². The highest BCUT2D eigenvalue weighted by Gasteiger charge is 2.39. The first-order valence-electron chi connectivity index (χ1n) is 9.48. The van der Waals surface area contributed by atoms with Crippen molar-refractivity contribution in [2.75, 3.05) is 0 Å². The van der Waals surface area contributed by atoms with Gasteiger partial charge >= 0.3 is 0 Å². The monoisotopic (exact) mass is 330 g/mol. The molecule has 0 N–H and O–H groups in total. The Morgan fingerprint density at radius 2 is 0.667 bits per heavy atom. The van der Waals surface area contributed by atoms with Gasteiger partial charge in [-0.25, -0.2) is 0 Å². The third kappa shape index (κ3) is 3.89. The Kier molecular flexibility index (Phi) is 5.22. The van der Waals surface area contributed by atoms with Crippen LogP contribution in [0.1, 0.15) is 107 Å². The molecule has 138 valence electrons. The minimum absolute atomic E-state index is 0.122. The van der Waals surface area contributed by atoms with E-state index in [1.165, 1.54) is 16.7 Å². The van der Waals surface area contributed by atoms with E-state index in [-0.39, 0.29) is 27.1 Å². The smallest absolute Gasteiger partial charge is 0.00549 e. The van der Waals surface area contributed by atoms with Gasteiger partial charge in [-0.15, -0.1) is 0 Å². The molecule has 0 aliphatic rings. The minimum Gasteiger partial charge on any atom is -0.0593 e. The van der Waals surface area contributed by atoms with Crippen LogP contribution in [0.2, 0.25) is 0 Å². The molecule has 1 rings (SSSR count). The number of rotatable bonds is 2. The first-order chi connectivity index (χ1) is 10.3. The predicted molar refractivity (Wildman–Crippen MR) is 110 cm³/mol. The van der Waals surface area contributed by atoms with Crippen molar-refractivity contribution in [3.05, 3.63) is 34.9 Å². The lowest BCUT2D eigenvalue weighted by Crippen LogP contribution is -2.37. The standard InChI is InChI=1S/C24H42/c1-20(2,3)17-14-18(23(10,11)21(4,5)6)16-19(15-17)24(12,13)22(7,8)9/h14-16H,1-13H3. The van der Waals surface area contributed by atoms with Crippen molar-refractivity contribution in [3.8, 4) is 0 Å². The van der Waals surface area contributed by atoms with Gasteiger partial charge in [0.2, 0.25) is 0 Å². The van der Waals surface area contributed by atoms with Gasteiger partial charge in [-0.3, -0.25) is 0 Å². The summed E-state index contributed by atoms with van der Waals surface area (Å²) < 4.78 is 0. The second-order valence-electron chi connectivity index (χ2n) is 11.8. The van der Waals surface area contributed by atoms with Crippen LogP contribution < -0.4 is 0 Å². The summed E-state index contributed by atoms with van der Waals surface area (Å²) in [7, 11) is 0. The number of benzene rings is 1. The molecule has 24 heavy (non-hydrogen) atoms. The SMILES string of the molecule is CC(C)(C)c1cc(C(C)(C)C(C)(C)C)cc(C(C)(C)C(C)(C)C)c1. The highest BCUT2D eigenvalue weighted by Crippen LogP contribution is 2.46. The zero-order valence-corrected chi connectivity index (χ0v) is 18.7. The number of hydrogen-bond donors (Lipinski definition) is 0. The third-order valence-corrected chi connectivity index (χ3v) is 6.99. The molecule has 0 spiro atoms. The van der Waals surface area contributed by atoms with Crippen LogP contribution >= 0.6 is 0 Å². The predicted octanol–water partition coefficient (Wildman–Crippen LogP) is 7.63. The molecule has 0 aliphatic heterocycles. The Hall–Kier alpha value is -0.780. The maximum absolute atomic E-state index is 2.48. The van der Waals surface area contributed by atoms with Crippen LogP contribution in [0.4, 0.5) is 0 Å². The van der Waals surface area contributed by atoms with E-state index < -0.39 is 0 Å². The zero-order valence-electron chi connectivity index (χ0n) is 18.7. The van der Waals surface area contributed by atoms with Crippen LogP contribution in [-0.2, 0) is 16.2 Å². The van der Waals surface area contributed by atoms with Crippen LogP contribution in [0.5, 0.6) is 0 Å². The summed E-state index contributed by atoms with van der Waals surface area (Å²) in [4.78, 5) is 0. The summed E-state index contributed by atoms with van der Waals surface area (Å²) >= 11 is 0. The van der Waals surface area contributed by atoms with E-state index in [2.05, 4.69) is 108 Å². The van der Waals surface area contributed by atoms with Gasteiger partial charge in [-0.05, 0) is 43.8 Å². The molecule has 0 nitrogen and oxygen atoms in total. The first-order valence-corrected chi connectivity index (χ1v) is 9.48. The summed E-state index contributed by atoms with van der Waals surface area (Å²) in [5, 5.41) is 0. The Morgan fingerprint density at radius 1 is 0.417 bits per heavy atom. The fourth-order valence-electron chi connectivity index (χ4n) is 2.65.